The zero-order valence-electron chi connectivity index (χ0n) is 8.85. The van der Waals surface area contributed by atoms with Crippen LogP contribution in [0.1, 0.15) is 5.56 Å². The highest BCUT2D eigenvalue weighted by molar-refractivity contribution is 6.30. The fourth-order valence-electron chi connectivity index (χ4n) is 1.13. The molecule has 1 aromatic rings. The second kappa shape index (κ2) is 6.25. The molecule has 16 heavy (non-hydrogen) atoms. The Kier molecular flexibility index (Phi) is 4.95. The number of rotatable bonds is 4. The fraction of sp³-hybridized carbons (Fsp3) is 0.273. The Labute approximate surface area is 99.0 Å². The van der Waals surface area contributed by atoms with Crippen LogP contribution in [0.3, 0.4) is 0 Å². The lowest BCUT2D eigenvalue weighted by atomic mass is 10.2. The van der Waals surface area contributed by atoms with Crippen LogP contribution in [0.2, 0.25) is 5.02 Å². The smallest absolute Gasteiger partial charge is 0.246 e. The lowest BCUT2D eigenvalue weighted by Crippen LogP contribution is -2.33. The standard InChI is InChI=1S/C11H13ClN2O2/c1-13-11(16)10(7-15)14-6-8-3-2-4-9(12)5-8/h2-6,10,15H,7H2,1H3,(H,13,16)/t10-/m0/s1. The first-order valence-corrected chi connectivity index (χ1v) is 5.16. The molecule has 5 heteroatoms. The van der Waals surface area contributed by atoms with Crippen LogP contribution in [0.25, 0.3) is 0 Å². The number of carbonyl (C=O) groups is 1. The van der Waals surface area contributed by atoms with Gasteiger partial charge >= 0.3 is 0 Å². The Balaban J connectivity index is 2.75. The second-order valence-corrected chi connectivity index (χ2v) is 3.58. The van der Waals surface area contributed by atoms with Gasteiger partial charge in [0.1, 0.15) is 0 Å². The maximum atomic E-state index is 11.2. The van der Waals surface area contributed by atoms with E-state index in [1.807, 2.05) is 6.07 Å². The second-order valence-electron chi connectivity index (χ2n) is 3.15. The Morgan fingerprint density at radius 2 is 2.44 bits per heavy atom. The van der Waals surface area contributed by atoms with Crippen molar-refractivity contribution in [1.29, 1.82) is 0 Å². The van der Waals surface area contributed by atoms with Gasteiger partial charge in [-0.2, -0.15) is 0 Å². The molecule has 0 heterocycles. The molecule has 0 saturated heterocycles. The van der Waals surface area contributed by atoms with Crippen LogP contribution in [0.15, 0.2) is 29.3 Å². The summed E-state index contributed by atoms with van der Waals surface area (Å²) in [5, 5.41) is 12.0. The summed E-state index contributed by atoms with van der Waals surface area (Å²) in [6.07, 6.45) is 1.52. The van der Waals surface area contributed by atoms with E-state index in [2.05, 4.69) is 10.3 Å². The lowest BCUT2D eigenvalue weighted by molar-refractivity contribution is -0.122. The van der Waals surface area contributed by atoms with Gasteiger partial charge in [0.15, 0.2) is 6.04 Å². The molecule has 2 N–H and O–H groups in total. The number of likely N-dealkylation sites (N-methyl/N-ethyl adjacent to an activating group) is 1. The van der Waals surface area contributed by atoms with Crippen molar-refractivity contribution in [2.24, 2.45) is 4.99 Å². The molecule has 0 spiro atoms. The first-order chi connectivity index (χ1) is 7.67. The van der Waals surface area contributed by atoms with Gasteiger partial charge in [-0.25, -0.2) is 0 Å². The number of halogens is 1. The van der Waals surface area contributed by atoms with Gasteiger partial charge in [0.25, 0.3) is 0 Å². The molecule has 0 radical (unpaired) electrons. The van der Waals surface area contributed by atoms with Crippen molar-refractivity contribution in [2.75, 3.05) is 13.7 Å². The quantitative estimate of drug-likeness (QED) is 0.767. The zero-order valence-corrected chi connectivity index (χ0v) is 9.61. The number of aliphatic imine (C=N–C) groups is 1. The van der Waals surface area contributed by atoms with Gasteiger partial charge < -0.3 is 10.4 Å². The number of nitrogens with zero attached hydrogens (tertiary/aromatic N) is 1. The van der Waals surface area contributed by atoms with Crippen LogP contribution in [0, 0.1) is 0 Å². The molecule has 0 bridgehead atoms. The van der Waals surface area contributed by atoms with Gasteiger partial charge in [-0.1, -0.05) is 23.7 Å². The molecule has 0 aliphatic heterocycles. The summed E-state index contributed by atoms with van der Waals surface area (Å²) in [6, 6.07) is 6.30. The van der Waals surface area contributed by atoms with Crippen LogP contribution in [-0.2, 0) is 4.79 Å². The van der Waals surface area contributed by atoms with Gasteiger partial charge in [-0.3, -0.25) is 9.79 Å². The topological polar surface area (TPSA) is 61.7 Å². The number of amides is 1. The summed E-state index contributed by atoms with van der Waals surface area (Å²) in [6.45, 7) is -0.323. The van der Waals surface area contributed by atoms with E-state index in [1.54, 1.807) is 18.2 Å². The van der Waals surface area contributed by atoms with Gasteiger partial charge in [-0.15, -0.1) is 0 Å². The van der Waals surface area contributed by atoms with Crippen LogP contribution in [0.4, 0.5) is 0 Å². The van der Waals surface area contributed by atoms with Crippen molar-refractivity contribution in [3.63, 3.8) is 0 Å². The molecule has 0 unspecified atom stereocenters. The molecule has 0 aliphatic rings. The normalized spacial score (nSPS) is 12.7. The number of aliphatic hydroxyl groups is 1. The van der Waals surface area contributed by atoms with E-state index in [9.17, 15) is 4.79 Å². The summed E-state index contributed by atoms with van der Waals surface area (Å²) in [4.78, 5) is 15.2. The molecular weight excluding hydrogens is 228 g/mol. The minimum Gasteiger partial charge on any atom is -0.394 e. The number of hydrogen-bond acceptors (Lipinski definition) is 3. The predicted octanol–water partition coefficient (Wildman–Crippen LogP) is 0.866. The van der Waals surface area contributed by atoms with Crippen LogP contribution >= 0.6 is 11.6 Å². The van der Waals surface area contributed by atoms with E-state index in [0.29, 0.717) is 5.02 Å². The molecule has 4 nitrogen and oxygen atoms in total. The van der Waals surface area contributed by atoms with Gasteiger partial charge in [0, 0.05) is 18.3 Å². The predicted molar refractivity (Wildman–Crippen MR) is 64.0 cm³/mol. The summed E-state index contributed by atoms with van der Waals surface area (Å²) in [7, 11) is 1.50. The lowest BCUT2D eigenvalue weighted by Gasteiger charge is -2.06. The van der Waals surface area contributed by atoms with E-state index >= 15 is 0 Å². The monoisotopic (exact) mass is 240 g/mol. The summed E-state index contributed by atoms with van der Waals surface area (Å²) in [5.74, 6) is -0.319. The van der Waals surface area contributed by atoms with Crippen LogP contribution in [-0.4, -0.2) is 36.9 Å². The van der Waals surface area contributed by atoms with Crippen molar-refractivity contribution in [3.8, 4) is 0 Å². The number of nitrogens with one attached hydrogen (secondary N) is 1. The minimum atomic E-state index is -0.774. The molecular formula is C11H13ClN2O2. The molecule has 0 aromatic heterocycles. The first-order valence-electron chi connectivity index (χ1n) is 4.78. The van der Waals surface area contributed by atoms with Crippen molar-refractivity contribution >= 4 is 23.7 Å². The fourth-order valence-corrected chi connectivity index (χ4v) is 1.33. The summed E-state index contributed by atoms with van der Waals surface area (Å²) in [5.41, 5.74) is 0.787. The molecule has 0 aliphatic carbocycles. The van der Waals surface area contributed by atoms with E-state index in [-0.39, 0.29) is 12.5 Å². The van der Waals surface area contributed by atoms with Gasteiger partial charge in [0.2, 0.25) is 5.91 Å². The molecule has 1 atom stereocenters. The Morgan fingerprint density at radius 3 is 3.00 bits per heavy atom. The van der Waals surface area contributed by atoms with Gasteiger partial charge in [-0.05, 0) is 17.7 Å². The van der Waals surface area contributed by atoms with Crippen molar-refractivity contribution in [2.45, 2.75) is 6.04 Å². The van der Waals surface area contributed by atoms with Gasteiger partial charge in [0.05, 0.1) is 6.61 Å². The number of aliphatic hydroxyl groups excluding tert-OH is 1. The molecule has 86 valence electrons. The van der Waals surface area contributed by atoms with Crippen molar-refractivity contribution in [1.82, 2.24) is 5.32 Å². The van der Waals surface area contributed by atoms with E-state index in [4.69, 9.17) is 16.7 Å². The maximum absolute atomic E-state index is 11.2. The molecule has 1 rings (SSSR count). The molecule has 1 amide bonds. The number of hydrogen-bond donors (Lipinski definition) is 2. The minimum absolute atomic E-state index is 0.319. The summed E-state index contributed by atoms with van der Waals surface area (Å²) < 4.78 is 0. The first kappa shape index (κ1) is 12.7. The Bertz CT molecular complexity index is 393. The maximum Gasteiger partial charge on any atom is 0.246 e. The van der Waals surface area contributed by atoms with E-state index < -0.39 is 6.04 Å². The number of benzene rings is 1. The average molecular weight is 241 g/mol. The van der Waals surface area contributed by atoms with Crippen molar-refractivity contribution < 1.29 is 9.90 Å². The van der Waals surface area contributed by atoms with E-state index in [0.717, 1.165) is 5.56 Å². The van der Waals surface area contributed by atoms with E-state index in [1.165, 1.54) is 13.3 Å². The molecule has 1 aromatic carbocycles. The largest absolute Gasteiger partial charge is 0.394 e. The average Bonchev–Trinajstić information content (AvgIpc) is 2.29. The highest BCUT2D eigenvalue weighted by atomic mass is 35.5. The number of carbonyl (C=O) groups excluding carboxylic acids is 1. The van der Waals surface area contributed by atoms with Crippen LogP contribution in [0.5, 0.6) is 0 Å². The SMILES string of the molecule is CNC(=O)[C@H](CO)N=Cc1cccc(Cl)c1. The van der Waals surface area contributed by atoms with Crippen LogP contribution < -0.4 is 5.32 Å². The van der Waals surface area contributed by atoms with Crippen molar-refractivity contribution in [3.05, 3.63) is 34.9 Å². The summed E-state index contributed by atoms with van der Waals surface area (Å²) >= 11 is 5.79. The highest BCUT2D eigenvalue weighted by Gasteiger charge is 2.12. The Hall–Kier alpha value is -1.39. The third-order valence-corrected chi connectivity index (χ3v) is 2.21. The third-order valence-electron chi connectivity index (χ3n) is 1.97. The molecule has 0 saturated carbocycles. The zero-order chi connectivity index (χ0) is 12.0. The third kappa shape index (κ3) is 3.64. The molecule has 0 fully saturated rings. The Morgan fingerprint density at radius 1 is 1.69 bits per heavy atom. The highest BCUT2D eigenvalue weighted by Crippen LogP contribution is 2.09.